The fourth-order valence-corrected chi connectivity index (χ4v) is 1.12. The molecule has 78 valence electrons. The lowest BCUT2D eigenvalue weighted by molar-refractivity contribution is -0.119. The van der Waals surface area contributed by atoms with Crippen molar-refractivity contribution in [3.8, 4) is 0 Å². The van der Waals surface area contributed by atoms with Gasteiger partial charge in [-0.1, -0.05) is 16.4 Å². The predicted octanol–water partition coefficient (Wildman–Crippen LogP) is 0.509. The summed E-state index contributed by atoms with van der Waals surface area (Å²) in [6, 6.07) is 0.358. The molecule has 1 rings (SSSR count). The van der Waals surface area contributed by atoms with Crippen LogP contribution in [0.2, 0.25) is 0 Å². The second-order valence-electron chi connectivity index (χ2n) is 2.79. The molecule has 2 atom stereocenters. The summed E-state index contributed by atoms with van der Waals surface area (Å²) in [4.78, 5) is 35.4. The van der Waals surface area contributed by atoms with Crippen LogP contribution in [-0.2, 0) is 4.79 Å². The highest BCUT2D eigenvalue weighted by Gasteiger charge is 2.30. The van der Waals surface area contributed by atoms with E-state index in [1.165, 1.54) is 18.5 Å². The number of nitroso groups, excluding NO2 is 2. The molecule has 2 unspecified atom stereocenters. The van der Waals surface area contributed by atoms with Gasteiger partial charge in [-0.3, -0.25) is 9.78 Å². The minimum absolute atomic E-state index is 0.330. The molecule has 0 saturated heterocycles. The van der Waals surface area contributed by atoms with E-state index in [1.807, 2.05) is 0 Å². The number of rotatable bonds is 5. The van der Waals surface area contributed by atoms with Crippen LogP contribution < -0.4 is 5.73 Å². The first-order valence-electron chi connectivity index (χ1n) is 4.05. The Bertz CT molecular complexity index is 367. The monoisotopic (exact) mass is 208 g/mol. The summed E-state index contributed by atoms with van der Waals surface area (Å²) in [5, 5.41) is 5.16. The maximum Gasteiger partial charge on any atom is 0.248 e. The molecular weight excluding hydrogens is 200 g/mol. The van der Waals surface area contributed by atoms with E-state index in [1.54, 1.807) is 6.07 Å². The van der Waals surface area contributed by atoms with Gasteiger partial charge >= 0.3 is 0 Å². The first-order chi connectivity index (χ1) is 7.20. The Labute approximate surface area is 84.6 Å². The average Bonchev–Trinajstić information content (AvgIpc) is 2.26. The lowest BCUT2D eigenvalue weighted by atomic mass is 10.0. The normalized spacial score (nSPS) is 13.9. The third-order valence-electron chi connectivity index (χ3n) is 1.84. The fourth-order valence-electron chi connectivity index (χ4n) is 1.12. The van der Waals surface area contributed by atoms with E-state index in [4.69, 9.17) is 5.73 Å². The quantitative estimate of drug-likeness (QED) is 0.709. The van der Waals surface area contributed by atoms with Gasteiger partial charge in [0.1, 0.15) is 0 Å². The number of nitrogens with zero attached hydrogens (tertiary/aromatic N) is 3. The second kappa shape index (κ2) is 4.89. The van der Waals surface area contributed by atoms with Gasteiger partial charge in [0.15, 0.2) is 12.1 Å². The zero-order chi connectivity index (χ0) is 11.3. The van der Waals surface area contributed by atoms with E-state index in [9.17, 15) is 14.6 Å². The summed E-state index contributed by atoms with van der Waals surface area (Å²) in [5.74, 6) is -0.988. The first kappa shape index (κ1) is 10.9. The highest BCUT2D eigenvalue weighted by atomic mass is 16.3. The van der Waals surface area contributed by atoms with Gasteiger partial charge in [-0.2, -0.15) is 4.91 Å². The highest BCUT2D eigenvalue weighted by Crippen LogP contribution is 2.22. The number of carbonyl (C=O) groups is 1. The van der Waals surface area contributed by atoms with Crippen LogP contribution in [-0.4, -0.2) is 16.9 Å². The molecule has 1 amide bonds. The van der Waals surface area contributed by atoms with Crippen LogP contribution in [0.5, 0.6) is 0 Å². The summed E-state index contributed by atoms with van der Waals surface area (Å²) in [6.07, 6.45) is 2.81. The molecule has 15 heavy (non-hydrogen) atoms. The van der Waals surface area contributed by atoms with Crippen molar-refractivity contribution in [2.24, 2.45) is 16.1 Å². The summed E-state index contributed by atoms with van der Waals surface area (Å²) in [7, 11) is 0. The Morgan fingerprint density at radius 1 is 1.40 bits per heavy atom. The van der Waals surface area contributed by atoms with Crippen molar-refractivity contribution in [1.29, 1.82) is 0 Å². The molecule has 7 nitrogen and oxygen atoms in total. The molecule has 0 aliphatic rings. The van der Waals surface area contributed by atoms with E-state index in [2.05, 4.69) is 15.3 Å². The third-order valence-corrected chi connectivity index (χ3v) is 1.84. The van der Waals surface area contributed by atoms with Crippen LogP contribution in [0, 0.1) is 9.81 Å². The number of primary amides is 1. The zero-order valence-electron chi connectivity index (χ0n) is 7.61. The van der Waals surface area contributed by atoms with Crippen LogP contribution in [0.15, 0.2) is 34.9 Å². The molecule has 0 fully saturated rings. The van der Waals surface area contributed by atoms with Crippen LogP contribution in [0.4, 0.5) is 0 Å². The number of hydrogen-bond donors (Lipinski definition) is 1. The van der Waals surface area contributed by atoms with E-state index in [-0.39, 0.29) is 0 Å². The fraction of sp³-hybridized carbons (Fsp3) is 0.250. The smallest absolute Gasteiger partial charge is 0.248 e. The first-order valence-corrected chi connectivity index (χ1v) is 4.05. The molecule has 0 aliphatic heterocycles. The molecule has 0 saturated carbocycles. The molecular formula is C8H8N4O3. The maximum absolute atomic E-state index is 10.8. The van der Waals surface area contributed by atoms with Crippen molar-refractivity contribution in [2.75, 3.05) is 0 Å². The van der Waals surface area contributed by atoms with E-state index < -0.39 is 18.0 Å². The van der Waals surface area contributed by atoms with Crippen LogP contribution in [0.25, 0.3) is 0 Å². The number of hydrogen-bond acceptors (Lipinski definition) is 6. The zero-order valence-corrected chi connectivity index (χ0v) is 7.61. The van der Waals surface area contributed by atoms with Crippen molar-refractivity contribution in [3.05, 3.63) is 39.9 Å². The molecule has 2 N–H and O–H groups in total. The summed E-state index contributed by atoms with van der Waals surface area (Å²) in [5.41, 5.74) is 5.24. The van der Waals surface area contributed by atoms with Crippen molar-refractivity contribution in [1.82, 2.24) is 4.98 Å². The third kappa shape index (κ3) is 2.39. The molecule has 0 aromatic carbocycles. The average molecular weight is 208 g/mol. The predicted molar refractivity (Wildman–Crippen MR) is 51.6 cm³/mol. The lowest BCUT2D eigenvalue weighted by Crippen LogP contribution is -2.31. The van der Waals surface area contributed by atoms with Gasteiger partial charge in [-0.05, 0) is 6.07 Å². The minimum atomic E-state index is -1.49. The lowest BCUT2D eigenvalue weighted by Gasteiger charge is -2.11. The van der Waals surface area contributed by atoms with Gasteiger partial charge in [-0.15, -0.1) is 4.91 Å². The van der Waals surface area contributed by atoms with Crippen molar-refractivity contribution >= 4 is 5.91 Å². The van der Waals surface area contributed by atoms with E-state index in [0.29, 0.717) is 5.56 Å². The Hall–Kier alpha value is -2.18. The molecule has 1 aromatic heterocycles. The maximum atomic E-state index is 10.8. The van der Waals surface area contributed by atoms with Crippen molar-refractivity contribution in [3.63, 3.8) is 0 Å². The molecule has 0 spiro atoms. The molecule has 0 aliphatic carbocycles. The standard InChI is InChI=1S/C8H8N4O3/c9-8(13)7(12-15)6(11-14)5-2-1-3-10-4-5/h1-4,6-7H,(H2,9,13). The molecule has 7 heteroatoms. The summed E-state index contributed by atoms with van der Waals surface area (Å²) < 4.78 is 0. The largest absolute Gasteiger partial charge is 0.368 e. The Morgan fingerprint density at radius 3 is 2.53 bits per heavy atom. The van der Waals surface area contributed by atoms with Crippen LogP contribution >= 0.6 is 0 Å². The van der Waals surface area contributed by atoms with Gasteiger partial charge < -0.3 is 5.73 Å². The topological polar surface area (TPSA) is 115 Å². The second-order valence-corrected chi connectivity index (χ2v) is 2.79. The van der Waals surface area contributed by atoms with Gasteiger partial charge in [0.2, 0.25) is 5.91 Å². The van der Waals surface area contributed by atoms with Crippen molar-refractivity contribution in [2.45, 2.75) is 12.1 Å². The molecule has 0 bridgehead atoms. The van der Waals surface area contributed by atoms with Crippen LogP contribution in [0.3, 0.4) is 0 Å². The summed E-state index contributed by atoms with van der Waals surface area (Å²) in [6.45, 7) is 0. The number of carbonyl (C=O) groups excluding carboxylic acids is 1. The minimum Gasteiger partial charge on any atom is -0.368 e. The number of pyridine rings is 1. The van der Waals surface area contributed by atoms with Gasteiger partial charge in [-0.25, -0.2) is 0 Å². The summed E-state index contributed by atoms with van der Waals surface area (Å²) >= 11 is 0. The molecule has 0 radical (unpaired) electrons. The SMILES string of the molecule is NC(=O)C(N=O)C(N=O)c1cccnc1. The van der Waals surface area contributed by atoms with Gasteiger partial charge in [0, 0.05) is 18.0 Å². The number of nitrogens with two attached hydrogens (primary N) is 1. The van der Waals surface area contributed by atoms with Gasteiger partial charge in [0.05, 0.1) is 0 Å². The Morgan fingerprint density at radius 2 is 2.13 bits per heavy atom. The highest BCUT2D eigenvalue weighted by molar-refractivity contribution is 5.81. The number of aromatic nitrogens is 1. The van der Waals surface area contributed by atoms with Gasteiger partial charge in [0.25, 0.3) is 0 Å². The Balaban J connectivity index is 3.02. The molecule has 1 heterocycles. The van der Waals surface area contributed by atoms with Crippen LogP contribution in [0.1, 0.15) is 11.6 Å². The number of amides is 1. The van der Waals surface area contributed by atoms with E-state index in [0.717, 1.165) is 0 Å². The van der Waals surface area contributed by atoms with Crippen molar-refractivity contribution < 1.29 is 4.79 Å². The molecule has 1 aromatic rings. The Kier molecular flexibility index (Phi) is 3.55. The van der Waals surface area contributed by atoms with E-state index >= 15 is 0 Å².